The molecule has 1 aromatic rings. The van der Waals surface area contributed by atoms with Gasteiger partial charge in [0.25, 0.3) is 5.92 Å². The molecule has 0 radical (unpaired) electrons. The molecule has 0 saturated carbocycles. The highest BCUT2D eigenvalue weighted by Crippen LogP contribution is 2.19. The summed E-state index contributed by atoms with van der Waals surface area (Å²) in [6, 6.07) is 9.92. The van der Waals surface area contributed by atoms with Crippen molar-refractivity contribution in [3.8, 4) is 0 Å². The zero-order valence-electron chi connectivity index (χ0n) is 12.0. The van der Waals surface area contributed by atoms with Gasteiger partial charge in [0.15, 0.2) is 0 Å². The van der Waals surface area contributed by atoms with E-state index in [1.54, 1.807) is 7.05 Å². The van der Waals surface area contributed by atoms with E-state index in [2.05, 4.69) is 5.32 Å². The van der Waals surface area contributed by atoms with Gasteiger partial charge in [-0.05, 0) is 26.0 Å². The van der Waals surface area contributed by atoms with Crippen molar-refractivity contribution in [3.63, 3.8) is 0 Å². The summed E-state index contributed by atoms with van der Waals surface area (Å²) in [5.41, 5.74) is 1.07. The Morgan fingerprint density at radius 2 is 1.89 bits per heavy atom. The SMILES string of the molecule is CCC(C)N(Cc1ccccc1)CC(F)(F)CNC. The lowest BCUT2D eigenvalue weighted by Crippen LogP contribution is -2.45. The Labute approximate surface area is 114 Å². The van der Waals surface area contributed by atoms with E-state index in [-0.39, 0.29) is 19.1 Å². The van der Waals surface area contributed by atoms with E-state index in [4.69, 9.17) is 0 Å². The monoisotopic (exact) mass is 270 g/mol. The topological polar surface area (TPSA) is 15.3 Å². The van der Waals surface area contributed by atoms with E-state index >= 15 is 0 Å². The van der Waals surface area contributed by atoms with Crippen molar-refractivity contribution < 1.29 is 8.78 Å². The summed E-state index contributed by atoms with van der Waals surface area (Å²) in [6.45, 7) is 4.10. The van der Waals surface area contributed by atoms with Crippen LogP contribution in [-0.2, 0) is 6.54 Å². The van der Waals surface area contributed by atoms with Crippen molar-refractivity contribution in [1.82, 2.24) is 10.2 Å². The molecule has 19 heavy (non-hydrogen) atoms. The maximum Gasteiger partial charge on any atom is 0.272 e. The third-order valence-corrected chi connectivity index (χ3v) is 3.31. The van der Waals surface area contributed by atoms with Gasteiger partial charge in [-0.25, -0.2) is 8.78 Å². The molecule has 0 aromatic heterocycles. The Bertz CT molecular complexity index is 354. The molecular weight excluding hydrogens is 246 g/mol. The fourth-order valence-electron chi connectivity index (χ4n) is 2.06. The molecule has 4 heteroatoms. The molecule has 1 N–H and O–H groups in total. The van der Waals surface area contributed by atoms with Crippen LogP contribution in [-0.4, -0.2) is 37.0 Å². The van der Waals surface area contributed by atoms with Gasteiger partial charge in [0, 0.05) is 12.6 Å². The molecular formula is C15H24F2N2. The summed E-state index contributed by atoms with van der Waals surface area (Å²) in [7, 11) is 1.55. The molecule has 0 saturated heterocycles. The number of alkyl halides is 2. The summed E-state index contributed by atoms with van der Waals surface area (Å²) in [4.78, 5) is 1.85. The highest BCUT2D eigenvalue weighted by Gasteiger charge is 2.32. The highest BCUT2D eigenvalue weighted by atomic mass is 19.3. The second-order valence-electron chi connectivity index (χ2n) is 5.03. The number of hydrogen-bond acceptors (Lipinski definition) is 2. The van der Waals surface area contributed by atoms with Crippen molar-refractivity contribution in [2.24, 2.45) is 0 Å². The van der Waals surface area contributed by atoms with Crippen LogP contribution in [0, 0.1) is 0 Å². The van der Waals surface area contributed by atoms with E-state index < -0.39 is 5.92 Å². The van der Waals surface area contributed by atoms with Crippen molar-refractivity contribution in [2.75, 3.05) is 20.1 Å². The van der Waals surface area contributed by atoms with Gasteiger partial charge >= 0.3 is 0 Å². The normalized spacial score (nSPS) is 13.8. The van der Waals surface area contributed by atoms with Gasteiger partial charge in [0.05, 0.1) is 13.1 Å². The van der Waals surface area contributed by atoms with Gasteiger partial charge < -0.3 is 5.32 Å². The number of rotatable bonds is 8. The van der Waals surface area contributed by atoms with Gasteiger partial charge in [-0.15, -0.1) is 0 Å². The van der Waals surface area contributed by atoms with Crippen molar-refractivity contribution in [3.05, 3.63) is 35.9 Å². The average Bonchev–Trinajstić information content (AvgIpc) is 2.38. The molecule has 0 spiro atoms. The number of nitrogens with one attached hydrogen (secondary N) is 1. The predicted molar refractivity (Wildman–Crippen MR) is 75.5 cm³/mol. The molecule has 1 atom stereocenters. The Morgan fingerprint density at radius 1 is 1.26 bits per heavy atom. The predicted octanol–water partition coefficient (Wildman–Crippen LogP) is 3.14. The standard InChI is InChI=1S/C15H24F2N2/c1-4-13(2)19(12-15(16,17)11-18-3)10-14-8-6-5-7-9-14/h5-9,13,18H,4,10-12H2,1-3H3. The molecule has 108 valence electrons. The third-order valence-electron chi connectivity index (χ3n) is 3.31. The minimum atomic E-state index is -2.70. The Balaban J connectivity index is 2.72. The number of benzene rings is 1. The lowest BCUT2D eigenvalue weighted by molar-refractivity contribution is -0.0406. The summed E-state index contributed by atoms with van der Waals surface area (Å²) in [5, 5.41) is 2.56. The second-order valence-corrected chi connectivity index (χ2v) is 5.03. The van der Waals surface area contributed by atoms with Gasteiger partial charge in [0.1, 0.15) is 0 Å². The molecule has 0 aliphatic heterocycles. The van der Waals surface area contributed by atoms with Crippen LogP contribution in [0.15, 0.2) is 30.3 Å². The van der Waals surface area contributed by atoms with Crippen LogP contribution in [0.1, 0.15) is 25.8 Å². The van der Waals surface area contributed by atoms with Gasteiger partial charge in [-0.3, -0.25) is 4.90 Å². The van der Waals surface area contributed by atoms with Crippen molar-refractivity contribution in [2.45, 2.75) is 38.8 Å². The first-order valence-corrected chi connectivity index (χ1v) is 6.79. The van der Waals surface area contributed by atoms with E-state index in [9.17, 15) is 8.78 Å². The number of halogens is 2. The average molecular weight is 270 g/mol. The van der Waals surface area contributed by atoms with Gasteiger partial charge in [-0.1, -0.05) is 37.3 Å². The Hall–Kier alpha value is -1.00. The first-order chi connectivity index (χ1) is 8.98. The zero-order chi connectivity index (χ0) is 14.3. The maximum atomic E-state index is 13.8. The largest absolute Gasteiger partial charge is 0.314 e. The van der Waals surface area contributed by atoms with Crippen LogP contribution in [0.25, 0.3) is 0 Å². The summed E-state index contributed by atoms with van der Waals surface area (Å²) < 4.78 is 27.5. The van der Waals surface area contributed by atoms with Crippen LogP contribution >= 0.6 is 0 Å². The smallest absolute Gasteiger partial charge is 0.272 e. The molecule has 1 unspecified atom stereocenters. The zero-order valence-corrected chi connectivity index (χ0v) is 12.0. The van der Waals surface area contributed by atoms with E-state index in [1.165, 1.54) is 0 Å². The second kappa shape index (κ2) is 7.56. The van der Waals surface area contributed by atoms with Crippen molar-refractivity contribution >= 4 is 0 Å². The highest BCUT2D eigenvalue weighted by molar-refractivity contribution is 5.14. The molecule has 0 amide bonds. The Morgan fingerprint density at radius 3 is 2.42 bits per heavy atom. The van der Waals surface area contributed by atoms with Crippen molar-refractivity contribution in [1.29, 1.82) is 0 Å². The molecule has 1 rings (SSSR count). The lowest BCUT2D eigenvalue weighted by atomic mass is 10.1. The van der Waals surface area contributed by atoms with Crippen LogP contribution < -0.4 is 5.32 Å². The number of nitrogens with zero attached hydrogens (tertiary/aromatic N) is 1. The van der Waals surface area contributed by atoms with E-state index in [0.29, 0.717) is 6.54 Å². The molecule has 0 fully saturated rings. The maximum absolute atomic E-state index is 13.8. The lowest BCUT2D eigenvalue weighted by Gasteiger charge is -2.32. The van der Waals surface area contributed by atoms with E-state index in [0.717, 1.165) is 12.0 Å². The first-order valence-electron chi connectivity index (χ1n) is 6.79. The quantitative estimate of drug-likeness (QED) is 0.780. The fourth-order valence-corrected chi connectivity index (χ4v) is 2.06. The van der Waals surface area contributed by atoms with E-state index in [1.807, 2.05) is 49.1 Å². The summed E-state index contributed by atoms with van der Waals surface area (Å²) in [6.07, 6.45) is 0.864. The summed E-state index contributed by atoms with van der Waals surface area (Å²) >= 11 is 0. The summed E-state index contributed by atoms with van der Waals surface area (Å²) in [5.74, 6) is -2.70. The van der Waals surface area contributed by atoms with Gasteiger partial charge in [0.2, 0.25) is 0 Å². The van der Waals surface area contributed by atoms with Crippen LogP contribution in [0.4, 0.5) is 8.78 Å². The molecule has 1 aromatic carbocycles. The molecule has 0 heterocycles. The van der Waals surface area contributed by atoms with Crippen LogP contribution in [0.2, 0.25) is 0 Å². The third kappa shape index (κ3) is 5.66. The first kappa shape index (κ1) is 16.1. The minimum absolute atomic E-state index is 0.142. The van der Waals surface area contributed by atoms with Gasteiger partial charge in [-0.2, -0.15) is 0 Å². The van der Waals surface area contributed by atoms with Crippen LogP contribution in [0.5, 0.6) is 0 Å². The number of hydrogen-bond donors (Lipinski definition) is 1. The molecule has 0 bridgehead atoms. The van der Waals surface area contributed by atoms with Crippen LogP contribution in [0.3, 0.4) is 0 Å². The molecule has 2 nitrogen and oxygen atoms in total. The Kier molecular flexibility index (Phi) is 6.38. The fraction of sp³-hybridized carbons (Fsp3) is 0.600. The molecule has 0 aliphatic carbocycles. The molecule has 0 aliphatic rings. The minimum Gasteiger partial charge on any atom is -0.314 e.